The fourth-order valence-electron chi connectivity index (χ4n) is 1.40. The number of rotatable bonds is 2. The fourth-order valence-corrected chi connectivity index (χ4v) is 2.08. The molecule has 0 bridgehead atoms. The number of benzene rings is 1. The highest BCUT2D eigenvalue weighted by atomic mass is 35.5. The smallest absolute Gasteiger partial charge is 0.151 e. The highest BCUT2D eigenvalue weighted by molar-refractivity contribution is 6.35. The first-order chi connectivity index (χ1) is 8.10. The van der Waals surface area contributed by atoms with Gasteiger partial charge in [0.2, 0.25) is 0 Å². The van der Waals surface area contributed by atoms with Crippen molar-refractivity contribution in [2.24, 2.45) is 0 Å². The first-order valence-corrected chi connectivity index (χ1v) is 5.81. The minimum atomic E-state index is 0.317. The van der Waals surface area contributed by atoms with Crippen molar-refractivity contribution in [2.45, 2.75) is 0 Å². The summed E-state index contributed by atoms with van der Waals surface area (Å²) in [6.45, 7) is 0. The Balaban J connectivity index is 2.56. The van der Waals surface area contributed by atoms with Gasteiger partial charge in [-0.25, -0.2) is 0 Å². The van der Waals surface area contributed by atoms with Crippen molar-refractivity contribution in [3.63, 3.8) is 0 Å². The number of aldehydes is 1. The maximum Gasteiger partial charge on any atom is 0.151 e. The van der Waals surface area contributed by atoms with Gasteiger partial charge in [0.05, 0.1) is 10.7 Å². The third kappa shape index (κ3) is 2.78. The van der Waals surface area contributed by atoms with E-state index in [4.69, 9.17) is 34.8 Å². The molecule has 0 radical (unpaired) electrons. The third-order valence-electron chi connectivity index (χ3n) is 2.17. The molecule has 0 spiro atoms. The van der Waals surface area contributed by atoms with Crippen LogP contribution in [0.15, 0.2) is 30.5 Å². The van der Waals surface area contributed by atoms with Gasteiger partial charge in [0.15, 0.2) is 6.29 Å². The maximum absolute atomic E-state index is 10.8. The van der Waals surface area contributed by atoms with E-state index in [2.05, 4.69) is 4.98 Å². The molecule has 0 unspecified atom stereocenters. The Hall–Kier alpha value is -1.09. The molecule has 5 heteroatoms. The lowest BCUT2D eigenvalue weighted by Gasteiger charge is -2.04. The summed E-state index contributed by atoms with van der Waals surface area (Å²) in [5, 5.41) is 1.34. The monoisotopic (exact) mass is 285 g/mol. The summed E-state index contributed by atoms with van der Waals surface area (Å²) < 4.78 is 0. The molecule has 0 aliphatic carbocycles. The third-order valence-corrected chi connectivity index (χ3v) is 2.92. The Kier molecular flexibility index (Phi) is 3.67. The molecule has 0 saturated heterocycles. The molecule has 2 rings (SSSR count). The Labute approximate surface area is 113 Å². The maximum atomic E-state index is 10.8. The number of carbonyl (C=O) groups is 1. The van der Waals surface area contributed by atoms with Crippen molar-refractivity contribution >= 4 is 41.1 Å². The van der Waals surface area contributed by atoms with Crippen molar-refractivity contribution in [1.82, 2.24) is 4.98 Å². The molecule has 0 amide bonds. The van der Waals surface area contributed by atoms with Crippen LogP contribution < -0.4 is 0 Å². The predicted molar refractivity (Wildman–Crippen MR) is 70.1 cm³/mol. The molecule has 1 aromatic carbocycles. The summed E-state index contributed by atoms with van der Waals surface area (Å²) in [7, 11) is 0. The second kappa shape index (κ2) is 5.05. The predicted octanol–water partition coefficient (Wildman–Crippen LogP) is 4.52. The van der Waals surface area contributed by atoms with Crippen molar-refractivity contribution in [3.05, 3.63) is 51.1 Å². The van der Waals surface area contributed by atoms with Crippen LogP contribution in [0.5, 0.6) is 0 Å². The first kappa shape index (κ1) is 12.4. The molecule has 0 N–H and O–H groups in total. The zero-order valence-electron chi connectivity index (χ0n) is 8.45. The summed E-state index contributed by atoms with van der Waals surface area (Å²) in [5.74, 6) is 0. The number of nitrogens with zero attached hydrogens (tertiary/aromatic N) is 1. The van der Waals surface area contributed by atoms with E-state index < -0.39 is 0 Å². The van der Waals surface area contributed by atoms with Crippen molar-refractivity contribution < 1.29 is 4.79 Å². The average molecular weight is 287 g/mol. The number of aromatic nitrogens is 1. The quantitative estimate of drug-likeness (QED) is 0.760. The molecule has 0 saturated carbocycles. The molecule has 0 atom stereocenters. The number of halogens is 3. The second-order valence-corrected chi connectivity index (χ2v) is 4.65. The molecule has 1 heterocycles. The van der Waals surface area contributed by atoms with Gasteiger partial charge in [0.25, 0.3) is 0 Å². The minimum Gasteiger partial charge on any atom is -0.298 e. The van der Waals surface area contributed by atoms with E-state index in [9.17, 15) is 4.79 Å². The zero-order valence-corrected chi connectivity index (χ0v) is 10.7. The van der Waals surface area contributed by atoms with E-state index in [1.165, 1.54) is 6.20 Å². The van der Waals surface area contributed by atoms with E-state index in [0.29, 0.717) is 32.6 Å². The Morgan fingerprint density at radius 3 is 2.24 bits per heavy atom. The van der Waals surface area contributed by atoms with Crippen LogP contribution in [0.1, 0.15) is 10.4 Å². The largest absolute Gasteiger partial charge is 0.298 e. The summed E-state index contributed by atoms with van der Waals surface area (Å²) in [5.41, 5.74) is 1.72. The molecule has 2 aromatic rings. The van der Waals surface area contributed by atoms with Gasteiger partial charge >= 0.3 is 0 Å². The minimum absolute atomic E-state index is 0.317. The van der Waals surface area contributed by atoms with Gasteiger partial charge in [-0.1, -0.05) is 34.8 Å². The van der Waals surface area contributed by atoms with Crippen molar-refractivity contribution in [2.75, 3.05) is 0 Å². The highest BCUT2D eigenvalue weighted by Crippen LogP contribution is 2.27. The van der Waals surface area contributed by atoms with Crippen molar-refractivity contribution in [1.29, 1.82) is 0 Å². The van der Waals surface area contributed by atoms with Gasteiger partial charge in [-0.15, -0.1) is 0 Å². The van der Waals surface area contributed by atoms with E-state index in [0.717, 1.165) is 5.56 Å². The van der Waals surface area contributed by atoms with Crippen LogP contribution in [-0.4, -0.2) is 11.3 Å². The van der Waals surface area contributed by atoms with Gasteiger partial charge in [-0.05, 0) is 24.3 Å². The lowest BCUT2D eigenvalue weighted by Crippen LogP contribution is -1.89. The molecule has 0 aliphatic rings. The van der Waals surface area contributed by atoms with Crippen LogP contribution in [0.3, 0.4) is 0 Å². The standard InChI is InChI=1S/C12H6Cl3NO/c13-9-1-7(2-10(14)4-9)12-3-8(6-17)11(15)5-16-12/h1-6H. The first-order valence-electron chi connectivity index (χ1n) is 4.67. The second-order valence-electron chi connectivity index (χ2n) is 3.37. The van der Waals surface area contributed by atoms with Crippen LogP contribution in [-0.2, 0) is 0 Å². The van der Waals surface area contributed by atoms with Gasteiger partial charge in [-0.2, -0.15) is 0 Å². The van der Waals surface area contributed by atoms with Crippen LogP contribution in [0.4, 0.5) is 0 Å². The number of pyridine rings is 1. The van der Waals surface area contributed by atoms with Gasteiger partial charge in [-0.3, -0.25) is 9.78 Å². The van der Waals surface area contributed by atoms with Crippen LogP contribution in [0.25, 0.3) is 11.3 Å². The molecular weight excluding hydrogens is 280 g/mol. The number of hydrogen-bond donors (Lipinski definition) is 0. The van der Waals surface area contributed by atoms with Crippen LogP contribution in [0, 0.1) is 0 Å². The molecule has 86 valence electrons. The van der Waals surface area contributed by atoms with E-state index in [-0.39, 0.29) is 0 Å². The topological polar surface area (TPSA) is 30.0 Å². The molecule has 2 nitrogen and oxygen atoms in total. The summed E-state index contributed by atoms with van der Waals surface area (Å²) >= 11 is 17.6. The molecular formula is C12H6Cl3NO. The van der Waals surface area contributed by atoms with Gasteiger partial charge < -0.3 is 0 Å². The Bertz CT molecular complexity index is 564. The lowest BCUT2D eigenvalue weighted by molar-refractivity contribution is 0.112. The summed E-state index contributed by atoms with van der Waals surface area (Å²) in [4.78, 5) is 14.9. The molecule has 1 aromatic heterocycles. The fraction of sp³-hybridized carbons (Fsp3) is 0. The normalized spacial score (nSPS) is 10.3. The molecule has 0 fully saturated rings. The summed E-state index contributed by atoms with van der Waals surface area (Å²) in [6.07, 6.45) is 2.11. The Morgan fingerprint density at radius 1 is 1.00 bits per heavy atom. The van der Waals surface area contributed by atoms with Crippen molar-refractivity contribution in [3.8, 4) is 11.3 Å². The average Bonchev–Trinajstić information content (AvgIpc) is 2.28. The Morgan fingerprint density at radius 2 is 1.65 bits per heavy atom. The number of carbonyl (C=O) groups excluding carboxylic acids is 1. The van der Waals surface area contributed by atoms with Crippen LogP contribution >= 0.6 is 34.8 Å². The van der Waals surface area contributed by atoms with Crippen LogP contribution in [0.2, 0.25) is 15.1 Å². The molecule has 17 heavy (non-hydrogen) atoms. The van der Waals surface area contributed by atoms with E-state index in [1.54, 1.807) is 24.3 Å². The SMILES string of the molecule is O=Cc1cc(-c2cc(Cl)cc(Cl)c2)ncc1Cl. The molecule has 0 aliphatic heterocycles. The zero-order chi connectivity index (χ0) is 12.4. The van der Waals surface area contributed by atoms with Gasteiger partial charge in [0.1, 0.15) is 0 Å². The lowest BCUT2D eigenvalue weighted by atomic mass is 10.1. The highest BCUT2D eigenvalue weighted by Gasteiger charge is 2.06. The van der Waals surface area contributed by atoms with E-state index in [1.807, 2.05) is 0 Å². The number of hydrogen-bond acceptors (Lipinski definition) is 2. The summed E-state index contributed by atoms with van der Waals surface area (Å²) in [6, 6.07) is 6.66. The van der Waals surface area contributed by atoms with E-state index >= 15 is 0 Å². The van der Waals surface area contributed by atoms with Gasteiger partial charge in [0, 0.05) is 27.4 Å².